The number of benzene rings is 1. The molecule has 0 spiro atoms. The predicted molar refractivity (Wildman–Crippen MR) is 102 cm³/mol. The number of carbonyl (C=O) groups is 1. The number of nitrogens with one attached hydrogen (secondary N) is 1. The van der Waals surface area contributed by atoms with Crippen molar-refractivity contribution in [2.75, 3.05) is 39.4 Å². The molecule has 140 valence electrons. The SMILES string of the molecule is Cc1nn(-c2ccc(C(=O)NCCCN3CCOCC3)cc2)c(C)c1Cl. The van der Waals surface area contributed by atoms with Gasteiger partial charge in [0.1, 0.15) is 0 Å². The summed E-state index contributed by atoms with van der Waals surface area (Å²) >= 11 is 6.20. The van der Waals surface area contributed by atoms with Crippen molar-refractivity contribution < 1.29 is 9.53 Å². The van der Waals surface area contributed by atoms with Crippen molar-refractivity contribution in [1.29, 1.82) is 0 Å². The average Bonchev–Trinajstić information content (AvgIpc) is 2.93. The van der Waals surface area contributed by atoms with E-state index >= 15 is 0 Å². The van der Waals surface area contributed by atoms with E-state index in [0.29, 0.717) is 17.1 Å². The second-order valence-electron chi connectivity index (χ2n) is 6.51. The minimum atomic E-state index is -0.0510. The largest absolute Gasteiger partial charge is 0.379 e. The number of halogens is 1. The van der Waals surface area contributed by atoms with Gasteiger partial charge in [-0.1, -0.05) is 11.6 Å². The van der Waals surface area contributed by atoms with Gasteiger partial charge in [-0.3, -0.25) is 9.69 Å². The third-order valence-electron chi connectivity index (χ3n) is 4.62. The van der Waals surface area contributed by atoms with Crippen LogP contribution in [0.25, 0.3) is 5.69 Å². The number of hydrogen-bond donors (Lipinski definition) is 1. The summed E-state index contributed by atoms with van der Waals surface area (Å²) in [6, 6.07) is 7.41. The van der Waals surface area contributed by atoms with E-state index in [1.54, 1.807) is 4.68 Å². The van der Waals surface area contributed by atoms with E-state index in [1.165, 1.54) is 0 Å². The number of hydrogen-bond acceptors (Lipinski definition) is 4. The normalized spacial score (nSPS) is 15.2. The molecule has 0 radical (unpaired) electrons. The number of aryl methyl sites for hydroxylation is 1. The van der Waals surface area contributed by atoms with Gasteiger partial charge in [-0.05, 0) is 51.1 Å². The first-order valence-electron chi connectivity index (χ1n) is 8.96. The third-order valence-corrected chi connectivity index (χ3v) is 5.16. The molecule has 2 aromatic rings. The molecule has 1 aromatic carbocycles. The Morgan fingerprint density at radius 1 is 1.23 bits per heavy atom. The summed E-state index contributed by atoms with van der Waals surface area (Å²) in [7, 11) is 0. The van der Waals surface area contributed by atoms with Crippen LogP contribution in [0, 0.1) is 13.8 Å². The van der Waals surface area contributed by atoms with E-state index in [0.717, 1.165) is 56.3 Å². The molecule has 0 unspecified atom stereocenters. The van der Waals surface area contributed by atoms with Gasteiger partial charge in [-0.15, -0.1) is 0 Å². The minimum absolute atomic E-state index is 0.0510. The second kappa shape index (κ2) is 8.66. The maximum absolute atomic E-state index is 12.3. The first-order chi connectivity index (χ1) is 12.6. The van der Waals surface area contributed by atoms with E-state index < -0.39 is 0 Å². The first kappa shape index (κ1) is 18.9. The molecule has 3 rings (SSSR count). The number of carbonyl (C=O) groups excluding carboxylic acids is 1. The lowest BCUT2D eigenvalue weighted by molar-refractivity contribution is 0.0374. The number of ether oxygens (including phenoxy) is 1. The van der Waals surface area contributed by atoms with Crippen molar-refractivity contribution in [3.63, 3.8) is 0 Å². The molecule has 7 heteroatoms. The van der Waals surface area contributed by atoms with Crippen LogP contribution >= 0.6 is 11.6 Å². The Bertz CT molecular complexity index is 752. The fraction of sp³-hybridized carbons (Fsp3) is 0.474. The lowest BCUT2D eigenvalue weighted by Crippen LogP contribution is -2.38. The van der Waals surface area contributed by atoms with Gasteiger partial charge in [0.2, 0.25) is 0 Å². The van der Waals surface area contributed by atoms with Crippen LogP contribution in [-0.4, -0.2) is 60.0 Å². The lowest BCUT2D eigenvalue weighted by Gasteiger charge is -2.26. The van der Waals surface area contributed by atoms with E-state index in [1.807, 2.05) is 38.1 Å². The summed E-state index contributed by atoms with van der Waals surface area (Å²) < 4.78 is 7.13. The quantitative estimate of drug-likeness (QED) is 0.787. The van der Waals surface area contributed by atoms with Crippen LogP contribution in [-0.2, 0) is 4.74 Å². The molecule has 0 bridgehead atoms. The van der Waals surface area contributed by atoms with Gasteiger partial charge in [0.25, 0.3) is 5.91 Å². The van der Waals surface area contributed by atoms with Crippen molar-refractivity contribution >= 4 is 17.5 Å². The fourth-order valence-corrected chi connectivity index (χ4v) is 3.18. The van der Waals surface area contributed by atoms with Crippen LogP contribution in [0.1, 0.15) is 28.2 Å². The smallest absolute Gasteiger partial charge is 0.251 e. The monoisotopic (exact) mass is 376 g/mol. The zero-order valence-electron chi connectivity index (χ0n) is 15.3. The van der Waals surface area contributed by atoms with Crippen LogP contribution in [0.3, 0.4) is 0 Å². The molecule has 0 saturated carbocycles. The van der Waals surface area contributed by atoms with Crippen molar-refractivity contribution in [2.24, 2.45) is 0 Å². The summed E-state index contributed by atoms with van der Waals surface area (Å²) in [6.07, 6.45) is 0.939. The number of rotatable bonds is 6. The average molecular weight is 377 g/mol. The molecule has 1 aliphatic rings. The standard InChI is InChI=1S/C19H25ClN4O2/c1-14-18(20)15(2)24(22-14)17-6-4-16(5-7-17)19(25)21-8-3-9-23-10-12-26-13-11-23/h4-7H,3,8-13H2,1-2H3,(H,21,25). The molecule has 1 amide bonds. The van der Waals surface area contributed by atoms with Gasteiger partial charge in [0, 0.05) is 25.2 Å². The highest BCUT2D eigenvalue weighted by Crippen LogP contribution is 2.22. The van der Waals surface area contributed by atoms with Crippen molar-refractivity contribution in [1.82, 2.24) is 20.0 Å². The molecule has 1 aromatic heterocycles. The van der Waals surface area contributed by atoms with Gasteiger partial charge in [0.15, 0.2) is 0 Å². The van der Waals surface area contributed by atoms with Crippen LogP contribution in [0.4, 0.5) is 0 Å². The molecule has 1 saturated heterocycles. The molecule has 6 nitrogen and oxygen atoms in total. The van der Waals surface area contributed by atoms with Crippen LogP contribution in [0.2, 0.25) is 5.02 Å². The molecule has 0 atom stereocenters. The van der Waals surface area contributed by atoms with Crippen molar-refractivity contribution in [2.45, 2.75) is 20.3 Å². The molecule has 1 aliphatic heterocycles. The molecule has 1 fully saturated rings. The van der Waals surface area contributed by atoms with Gasteiger partial charge in [-0.25, -0.2) is 4.68 Å². The number of nitrogens with zero attached hydrogens (tertiary/aromatic N) is 3. The van der Waals surface area contributed by atoms with Crippen LogP contribution in [0.5, 0.6) is 0 Å². The Kier molecular flexibility index (Phi) is 6.29. The molecular formula is C19H25ClN4O2. The number of morpholine rings is 1. The summed E-state index contributed by atoms with van der Waals surface area (Å²) in [5, 5.41) is 8.09. The third kappa shape index (κ3) is 4.44. The highest BCUT2D eigenvalue weighted by Gasteiger charge is 2.12. The zero-order valence-corrected chi connectivity index (χ0v) is 16.1. The predicted octanol–water partition coefficient (Wildman–Crippen LogP) is 2.59. The number of amides is 1. The Hall–Kier alpha value is -1.89. The number of aromatic nitrogens is 2. The van der Waals surface area contributed by atoms with Crippen LogP contribution in [0.15, 0.2) is 24.3 Å². The summed E-state index contributed by atoms with van der Waals surface area (Å²) in [6.45, 7) is 9.03. The molecule has 1 N–H and O–H groups in total. The van der Waals surface area contributed by atoms with E-state index in [9.17, 15) is 4.79 Å². The Balaban J connectivity index is 1.51. The minimum Gasteiger partial charge on any atom is -0.379 e. The summed E-state index contributed by atoms with van der Waals surface area (Å²) in [4.78, 5) is 14.6. The maximum Gasteiger partial charge on any atom is 0.251 e. The summed E-state index contributed by atoms with van der Waals surface area (Å²) in [5.41, 5.74) is 3.23. The fourth-order valence-electron chi connectivity index (χ4n) is 3.06. The Labute approximate surface area is 159 Å². The maximum atomic E-state index is 12.3. The molecule has 26 heavy (non-hydrogen) atoms. The van der Waals surface area contributed by atoms with Crippen molar-refractivity contribution in [3.8, 4) is 5.69 Å². The molecule has 0 aliphatic carbocycles. The van der Waals surface area contributed by atoms with E-state index in [-0.39, 0.29) is 5.91 Å². The first-order valence-corrected chi connectivity index (χ1v) is 9.34. The highest BCUT2D eigenvalue weighted by atomic mass is 35.5. The van der Waals surface area contributed by atoms with Gasteiger partial charge >= 0.3 is 0 Å². The van der Waals surface area contributed by atoms with Gasteiger partial charge in [-0.2, -0.15) is 5.10 Å². The summed E-state index contributed by atoms with van der Waals surface area (Å²) in [5.74, 6) is -0.0510. The molecular weight excluding hydrogens is 352 g/mol. The van der Waals surface area contributed by atoms with Crippen LogP contribution < -0.4 is 5.32 Å². The zero-order chi connectivity index (χ0) is 18.5. The van der Waals surface area contributed by atoms with Gasteiger partial charge in [0.05, 0.1) is 35.3 Å². The lowest BCUT2D eigenvalue weighted by atomic mass is 10.2. The van der Waals surface area contributed by atoms with E-state index in [4.69, 9.17) is 16.3 Å². The second-order valence-corrected chi connectivity index (χ2v) is 6.88. The Morgan fingerprint density at radius 2 is 1.92 bits per heavy atom. The van der Waals surface area contributed by atoms with Crippen molar-refractivity contribution in [3.05, 3.63) is 46.2 Å². The highest BCUT2D eigenvalue weighted by molar-refractivity contribution is 6.31. The van der Waals surface area contributed by atoms with Gasteiger partial charge < -0.3 is 10.1 Å². The Morgan fingerprint density at radius 3 is 2.54 bits per heavy atom. The topological polar surface area (TPSA) is 59.4 Å². The van der Waals surface area contributed by atoms with E-state index in [2.05, 4.69) is 15.3 Å². The molecule has 2 heterocycles.